The van der Waals surface area contributed by atoms with Gasteiger partial charge in [-0.1, -0.05) is 24.3 Å². The van der Waals surface area contributed by atoms with Crippen LogP contribution < -0.4 is 10.1 Å². The Labute approximate surface area is 177 Å². The van der Waals surface area contributed by atoms with E-state index in [2.05, 4.69) is 44.6 Å². The van der Waals surface area contributed by atoms with Crippen LogP contribution in [0.25, 0.3) is 11.0 Å². The number of aryl methyl sites for hydroxylation is 3. The molecule has 1 aliphatic rings. The lowest BCUT2D eigenvalue weighted by Gasteiger charge is -2.28. The lowest BCUT2D eigenvalue weighted by Crippen LogP contribution is -2.35. The Hall–Kier alpha value is -2.93. The number of ether oxygens (including phenoxy) is 1. The Kier molecular flexibility index (Phi) is 5.99. The zero-order chi connectivity index (χ0) is 21.1. The van der Waals surface area contributed by atoms with Gasteiger partial charge in [0.15, 0.2) is 12.3 Å². The van der Waals surface area contributed by atoms with Crippen LogP contribution >= 0.6 is 0 Å². The van der Waals surface area contributed by atoms with Gasteiger partial charge in [-0.15, -0.1) is 5.10 Å². The molecule has 0 unspecified atom stereocenters. The summed E-state index contributed by atoms with van der Waals surface area (Å²) in [6.07, 6.45) is 2.02. The molecule has 0 atom stereocenters. The largest absolute Gasteiger partial charge is 0.466 e. The van der Waals surface area contributed by atoms with Crippen LogP contribution in [0.4, 0.5) is 0 Å². The first-order valence-electron chi connectivity index (χ1n) is 10.5. The van der Waals surface area contributed by atoms with Gasteiger partial charge in [-0.25, -0.2) is 9.67 Å². The summed E-state index contributed by atoms with van der Waals surface area (Å²) in [6, 6.07) is 10.6. The topological polar surface area (TPSA) is 72.3 Å². The zero-order valence-electron chi connectivity index (χ0n) is 17.9. The van der Waals surface area contributed by atoms with Gasteiger partial charge in [-0.2, -0.15) is 0 Å². The van der Waals surface area contributed by atoms with Gasteiger partial charge >= 0.3 is 0 Å². The average molecular weight is 408 g/mol. The smallest absolute Gasteiger partial charge is 0.258 e. The first-order chi connectivity index (χ1) is 14.5. The molecule has 158 valence electrons. The number of rotatable bonds is 7. The SMILES string of the molecule is Cc1cc(C)c2c(OCC(=O)NCCCN3CCc4ccccc4C3)nn(C)c2n1. The Morgan fingerprint density at radius 1 is 1.23 bits per heavy atom. The van der Waals surface area contributed by atoms with Gasteiger partial charge in [-0.05, 0) is 49.4 Å². The van der Waals surface area contributed by atoms with Crippen LogP contribution in [0.5, 0.6) is 5.88 Å². The molecule has 3 aromatic rings. The fourth-order valence-corrected chi connectivity index (χ4v) is 4.11. The van der Waals surface area contributed by atoms with Crippen LogP contribution in [0.15, 0.2) is 30.3 Å². The normalized spacial score (nSPS) is 14.0. The Bertz CT molecular complexity index is 1060. The van der Waals surface area contributed by atoms with E-state index in [-0.39, 0.29) is 12.5 Å². The van der Waals surface area contributed by atoms with E-state index in [0.717, 1.165) is 54.8 Å². The van der Waals surface area contributed by atoms with Gasteiger partial charge < -0.3 is 10.1 Å². The molecule has 7 heteroatoms. The number of nitrogens with zero attached hydrogens (tertiary/aromatic N) is 4. The Morgan fingerprint density at radius 3 is 2.87 bits per heavy atom. The molecule has 1 aromatic carbocycles. The molecule has 0 spiro atoms. The van der Waals surface area contributed by atoms with Crippen LogP contribution in [0.2, 0.25) is 0 Å². The standard InChI is InChI=1S/C23H29N5O2/c1-16-13-17(2)25-22-21(16)23(26-27(22)3)30-15-20(29)24-10-6-11-28-12-9-18-7-4-5-8-19(18)14-28/h4-5,7-8,13H,6,9-12,14-15H2,1-3H3,(H,24,29). The molecule has 30 heavy (non-hydrogen) atoms. The molecule has 0 bridgehead atoms. The highest BCUT2D eigenvalue weighted by atomic mass is 16.5. The predicted octanol–water partition coefficient (Wildman–Crippen LogP) is 2.53. The number of pyridine rings is 1. The van der Waals surface area contributed by atoms with E-state index >= 15 is 0 Å². The summed E-state index contributed by atoms with van der Waals surface area (Å²) in [5.41, 5.74) is 5.63. The minimum Gasteiger partial charge on any atom is -0.466 e. The fraction of sp³-hybridized carbons (Fsp3) is 0.435. The maximum Gasteiger partial charge on any atom is 0.258 e. The number of carbonyl (C=O) groups is 1. The molecule has 0 radical (unpaired) electrons. The zero-order valence-corrected chi connectivity index (χ0v) is 17.9. The van der Waals surface area contributed by atoms with E-state index in [4.69, 9.17) is 4.74 Å². The molecule has 3 heterocycles. The summed E-state index contributed by atoms with van der Waals surface area (Å²) < 4.78 is 7.41. The summed E-state index contributed by atoms with van der Waals surface area (Å²) in [4.78, 5) is 19.2. The minimum atomic E-state index is -0.129. The molecule has 4 rings (SSSR count). The van der Waals surface area contributed by atoms with Crippen LogP contribution in [0.3, 0.4) is 0 Å². The number of carbonyl (C=O) groups excluding carboxylic acids is 1. The number of nitrogens with one attached hydrogen (secondary N) is 1. The third-order valence-electron chi connectivity index (χ3n) is 5.61. The molecule has 0 fully saturated rings. The van der Waals surface area contributed by atoms with Crippen molar-refractivity contribution in [2.75, 3.05) is 26.2 Å². The van der Waals surface area contributed by atoms with Gasteiger partial charge in [-0.3, -0.25) is 9.69 Å². The summed E-state index contributed by atoms with van der Waals surface area (Å²) in [5.74, 6) is 0.329. The predicted molar refractivity (Wildman–Crippen MR) is 117 cm³/mol. The maximum atomic E-state index is 12.2. The third kappa shape index (κ3) is 4.46. The van der Waals surface area contributed by atoms with Gasteiger partial charge in [0.05, 0.1) is 5.39 Å². The van der Waals surface area contributed by atoms with E-state index in [1.807, 2.05) is 27.0 Å². The summed E-state index contributed by atoms with van der Waals surface area (Å²) in [5, 5.41) is 8.20. The molecule has 1 aliphatic heterocycles. The van der Waals surface area contributed by atoms with Crippen molar-refractivity contribution in [1.82, 2.24) is 25.0 Å². The highest BCUT2D eigenvalue weighted by Gasteiger charge is 2.17. The molecular weight excluding hydrogens is 378 g/mol. The highest BCUT2D eigenvalue weighted by molar-refractivity contribution is 5.85. The fourth-order valence-electron chi connectivity index (χ4n) is 4.11. The third-order valence-corrected chi connectivity index (χ3v) is 5.61. The van der Waals surface area contributed by atoms with E-state index in [0.29, 0.717) is 12.4 Å². The van der Waals surface area contributed by atoms with Crippen LogP contribution in [-0.2, 0) is 24.8 Å². The van der Waals surface area contributed by atoms with Crippen molar-refractivity contribution >= 4 is 16.9 Å². The summed E-state index contributed by atoms with van der Waals surface area (Å²) >= 11 is 0. The summed E-state index contributed by atoms with van der Waals surface area (Å²) in [7, 11) is 1.83. The number of benzene rings is 1. The second-order valence-corrected chi connectivity index (χ2v) is 7.99. The molecule has 2 aromatic heterocycles. The van der Waals surface area contributed by atoms with Crippen LogP contribution in [-0.4, -0.2) is 51.8 Å². The van der Waals surface area contributed by atoms with Crippen molar-refractivity contribution in [2.24, 2.45) is 7.05 Å². The monoisotopic (exact) mass is 407 g/mol. The van der Waals surface area contributed by atoms with Crippen molar-refractivity contribution in [3.63, 3.8) is 0 Å². The number of fused-ring (bicyclic) bond motifs is 2. The second-order valence-electron chi connectivity index (χ2n) is 7.99. The van der Waals surface area contributed by atoms with Crippen molar-refractivity contribution in [3.8, 4) is 5.88 Å². The van der Waals surface area contributed by atoms with Crippen LogP contribution in [0, 0.1) is 13.8 Å². The van der Waals surface area contributed by atoms with Crippen molar-refractivity contribution in [2.45, 2.75) is 33.2 Å². The van der Waals surface area contributed by atoms with Gasteiger partial charge in [0.2, 0.25) is 5.88 Å². The van der Waals surface area contributed by atoms with Crippen molar-refractivity contribution in [3.05, 3.63) is 52.7 Å². The van der Waals surface area contributed by atoms with Crippen LogP contribution in [0.1, 0.15) is 28.8 Å². The number of amides is 1. The van der Waals surface area contributed by atoms with Crippen molar-refractivity contribution in [1.29, 1.82) is 0 Å². The van der Waals surface area contributed by atoms with Gasteiger partial charge in [0.25, 0.3) is 5.91 Å². The lowest BCUT2D eigenvalue weighted by molar-refractivity contribution is -0.123. The highest BCUT2D eigenvalue weighted by Crippen LogP contribution is 2.27. The molecule has 0 saturated carbocycles. The molecular formula is C23H29N5O2. The summed E-state index contributed by atoms with van der Waals surface area (Å²) in [6.45, 7) is 7.60. The Morgan fingerprint density at radius 2 is 2.03 bits per heavy atom. The molecule has 0 saturated heterocycles. The average Bonchev–Trinajstić information content (AvgIpc) is 3.05. The van der Waals surface area contributed by atoms with E-state index < -0.39 is 0 Å². The number of hydrogen-bond donors (Lipinski definition) is 1. The second kappa shape index (κ2) is 8.83. The van der Waals surface area contributed by atoms with Crippen molar-refractivity contribution < 1.29 is 9.53 Å². The molecule has 1 N–H and O–H groups in total. The quantitative estimate of drug-likeness (QED) is 0.610. The van der Waals surface area contributed by atoms with Gasteiger partial charge in [0.1, 0.15) is 0 Å². The lowest BCUT2D eigenvalue weighted by atomic mass is 10.00. The maximum absolute atomic E-state index is 12.2. The minimum absolute atomic E-state index is 0.0451. The van der Waals surface area contributed by atoms with E-state index in [1.54, 1.807) is 4.68 Å². The molecule has 7 nitrogen and oxygen atoms in total. The first-order valence-corrected chi connectivity index (χ1v) is 10.5. The molecule has 0 aliphatic carbocycles. The Balaban J connectivity index is 1.22. The van der Waals surface area contributed by atoms with Gasteiger partial charge in [0, 0.05) is 38.9 Å². The number of hydrogen-bond acceptors (Lipinski definition) is 5. The van der Waals surface area contributed by atoms with E-state index in [1.165, 1.54) is 11.1 Å². The number of aromatic nitrogens is 3. The first kappa shape index (κ1) is 20.3. The van der Waals surface area contributed by atoms with E-state index in [9.17, 15) is 4.79 Å². The molecule has 1 amide bonds.